The Bertz CT molecular complexity index is 1050. The van der Waals surface area contributed by atoms with Gasteiger partial charge in [-0.3, -0.25) is 14.5 Å². The van der Waals surface area contributed by atoms with Gasteiger partial charge in [0.1, 0.15) is 0 Å². The molecule has 3 aromatic rings. The predicted octanol–water partition coefficient (Wildman–Crippen LogP) is 2.74. The zero-order chi connectivity index (χ0) is 23.2. The van der Waals surface area contributed by atoms with Gasteiger partial charge in [-0.1, -0.05) is 32.0 Å². The molecule has 1 saturated heterocycles. The van der Waals surface area contributed by atoms with Crippen LogP contribution in [0.3, 0.4) is 0 Å². The number of aromatic nitrogens is 2. The number of hydrogen-bond donors (Lipinski definition) is 1. The van der Waals surface area contributed by atoms with Crippen LogP contribution in [0.2, 0.25) is 0 Å². The van der Waals surface area contributed by atoms with Crippen LogP contribution in [-0.2, 0) is 17.8 Å². The largest absolute Gasteiger partial charge is 0.459 e. The smallest absolute Gasteiger partial charge is 0.289 e. The first-order valence-electron chi connectivity index (χ1n) is 11.4. The molecule has 1 N–H and O–H groups in total. The van der Waals surface area contributed by atoms with Crippen LogP contribution < -0.4 is 5.32 Å². The topological polar surface area (TPSA) is 83.6 Å². The van der Waals surface area contributed by atoms with Crippen LogP contribution in [0.1, 0.15) is 35.8 Å². The van der Waals surface area contributed by atoms with Crippen molar-refractivity contribution in [1.82, 2.24) is 24.9 Å². The van der Waals surface area contributed by atoms with Gasteiger partial charge < -0.3 is 14.6 Å². The summed E-state index contributed by atoms with van der Waals surface area (Å²) in [5, 5.41) is 7.74. The molecule has 0 atom stereocenters. The third kappa shape index (κ3) is 5.90. The number of nitrogens with one attached hydrogen (secondary N) is 1. The van der Waals surface area contributed by atoms with Crippen LogP contribution in [0.4, 0.5) is 0 Å². The molecule has 8 heteroatoms. The first-order chi connectivity index (χ1) is 16.0. The monoisotopic (exact) mass is 449 g/mol. The molecule has 0 aliphatic carbocycles. The van der Waals surface area contributed by atoms with Gasteiger partial charge in [0.05, 0.1) is 30.7 Å². The number of furan rings is 1. The number of hydrogen-bond acceptors (Lipinski definition) is 5. The van der Waals surface area contributed by atoms with E-state index in [0.29, 0.717) is 50.9 Å². The van der Waals surface area contributed by atoms with E-state index in [1.165, 1.54) is 6.26 Å². The van der Waals surface area contributed by atoms with Gasteiger partial charge in [-0.2, -0.15) is 5.10 Å². The summed E-state index contributed by atoms with van der Waals surface area (Å²) < 4.78 is 7.17. The quantitative estimate of drug-likeness (QED) is 0.572. The second-order valence-corrected chi connectivity index (χ2v) is 8.79. The highest BCUT2D eigenvalue weighted by Gasteiger charge is 2.24. The summed E-state index contributed by atoms with van der Waals surface area (Å²) in [6.07, 6.45) is 2.42. The highest BCUT2D eigenvalue weighted by atomic mass is 16.3. The molecule has 0 bridgehead atoms. The van der Waals surface area contributed by atoms with Crippen molar-refractivity contribution in [2.75, 3.05) is 32.7 Å². The lowest BCUT2D eigenvalue weighted by molar-refractivity contribution is -0.122. The number of piperazine rings is 1. The molecule has 0 spiro atoms. The Morgan fingerprint density at radius 1 is 1.06 bits per heavy atom. The lowest BCUT2D eigenvalue weighted by atomic mass is 10.1. The van der Waals surface area contributed by atoms with E-state index in [9.17, 15) is 9.59 Å². The van der Waals surface area contributed by atoms with Gasteiger partial charge in [0.15, 0.2) is 5.76 Å². The average Bonchev–Trinajstić information content (AvgIpc) is 3.48. The summed E-state index contributed by atoms with van der Waals surface area (Å²) in [6, 6.07) is 15.5. The van der Waals surface area contributed by atoms with Crippen molar-refractivity contribution in [2.45, 2.75) is 26.8 Å². The van der Waals surface area contributed by atoms with E-state index < -0.39 is 0 Å². The molecule has 0 saturated carbocycles. The third-order valence-corrected chi connectivity index (χ3v) is 5.68. The molecule has 0 radical (unpaired) electrons. The Kier molecular flexibility index (Phi) is 7.24. The first kappa shape index (κ1) is 22.8. The molecule has 1 aliphatic heterocycles. The number of amides is 2. The molecular weight excluding hydrogens is 418 g/mol. The van der Waals surface area contributed by atoms with Crippen molar-refractivity contribution in [3.05, 3.63) is 71.9 Å². The van der Waals surface area contributed by atoms with Crippen molar-refractivity contribution in [1.29, 1.82) is 0 Å². The van der Waals surface area contributed by atoms with Gasteiger partial charge in [-0.25, -0.2) is 4.68 Å². The maximum Gasteiger partial charge on any atom is 0.289 e. The van der Waals surface area contributed by atoms with Gasteiger partial charge >= 0.3 is 0 Å². The summed E-state index contributed by atoms with van der Waals surface area (Å²) in [5.74, 6) is 0.716. The van der Waals surface area contributed by atoms with E-state index in [-0.39, 0.29) is 11.8 Å². The van der Waals surface area contributed by atoms with E-state index in [1.54, 1.807) is 17.0 Å². The number of carbonyl (C=O) groups is 2. The molecule has 174 valence electrons. The highest BCUT2D eigenvalue weighted by molar-refractivity contribution is 5.91. The minimum absolute atomic E-state index is 0.0412. The van der Waals surface area contributed by atoms with Gasteiger partial charge in [-0.05, 0) is 42.7 Å². The van der Waals surface area contributed by atoms with Gasteiger partial charge in [0.2, 0.25) is 5.91 Å². The third-order valence-electron chi connectivity index (χ3n) is 5.68. The summed E-state index contributed by atoms with van der Waals surface area (Å²) >= 11 is 0. The molecule has 0 unspecified atom stereocenters. The van der Waals surface area contributed by atoms with Crippen molar-refractivity contribution in [2.24, 2.45) is 5.92 Å². The Balaban J connectivity index is 1.28. The van der Waals surface area contributed by atoms with Crippen molar-refractivity contribution >= 4 is 11.8 Å². The molecule has 1 fully saturated rings. The minimum atomic E-state index is -0.102. The summed E-state index contributed by atoms with van der Waals surface area (Å²) in [5.41, 5.74) is 3.00. The van der Waals surface area contributed by atoms with Crippen molar-refractivity contribution in [3.63, 3.8) is 0 Å². The second-order valence-electron chi connectivity index (χ2n) is 8.79. The van der Waals surface area contributed by atoms with Crippen LogP contribution >= 0.6 is 0 Å². The fourth-order valence-electron chi connectivity index (χ4n) is 4.03. The van der Waals surface area contributed by atoms with E-state index >= 15 is 0 Å². The molecular formula is C25H31N5O3. The highest BCUT2D eigenvalue weighted by Crippen LogP contribution is 2.16. The number of benzene rings is 1. The molecule has 8 nitrogen and oxygen atoms in total. The maximum absolute atomic E-state index is 12.5. The number of para-hydroxylation sites is 1. The number of carbonyl (C=O) groups excluding carboxylic acids is 2. The Labute approximate surface area is 194 Å². The van der Waals surface area contributed by atoms with E-state index in [4.69, 9.17) is 9.52 Å². The molecule has 4 rings (SSSR count). The molecule has 2 aromatic heterocycles. The molecule has 3 heterocycles. The van der Waals surface area contributed by atoms with Crippen LogP contribution in [-0.4, -0.2) is 64.1 Å². The van der Waals surface area contributed by atoms with E-state index in [2.05, 4.69) is 30.1 Å². The minimum Gasteiger partial charge on any atom is -0.459 e. The van der Waals surface area contributed by atoms with Crippen molar-refractivity contribution < 1.29 is 14.0 Å². The standard InChI is InChI=1S/C25H31N5O3/c1-19(2)15-22-16-20(27-30(22)21-7-4-3-5-8-21)17-26-24(31)18-28-10-12-29(13-11-28)25(32)23-9-6-14-33-23/h3-9,14,16,19H,10-13,15,17-18H2,1-2H3,(H,26,31). The zero-order valence-corrected chi connectivity index (χ0v) is 19.2. The fraction of sp³-hybridized carbons (Fsp3) is 0.400. The van der Waals surface area contributed by atoms with E-state index in [0.717, 1.165) is 23.5 Å². The Morgan fingerprint density at radius 2 is 1.82 bits per heavy atom. The number of nitrogens with zero attached hydrogens (tertiary/aromatic N) is 4. The average molecular weight is 450 g/mol. The fourth-order valence-corrected chi connectivity index (χ4v) is 4.03. The SMILES string of the molecule is CC(C)Cc1cc(CNC(=O)CN2CCN(C(=O)c3ccco3)CC2)nn1-c1ccccc1. The van der Waals surface area contributed by atoms with Crippen molar-refractivity contribution in [3.8, 4) is 5.69 Å². The Morgan fingerprint density at radius 3 is 2.48 bits per heavy atom. The summed E-state index contributed by atoms with van der Waals surface area (Å²) in [7, 11) is 0. The van der Waals surface area contributed by atoms with Gasteiger partial charge in [0, 0.05) is 31.9 Å². The summed E-state index contributed by atoms with van der Waals surface area (Å²) in [4.78, 5) is 28.7. The molecule has 1 aliphatic rings. The van der Waals surface area contributed by atoms with Crippen LogP contribution in [0, 0.1) is 5.92 Å². The number of rotatable bonds is 8. The maximum atomic E-state index is 12.5. The van der Waals surface area contributed by atoms with Gasteiger partial charge in [-0.15, -0.1) is 0 Å². The van der Waals surface area contributed by atoms with Crippen LogP contribution in [0.25, 0.3) is 5.69 Å². The summed E-state index contributed by atoms with van der Waals surface area (Å²) in [6.45, 7) is 7.53. The molecule has 1 aromatic carbocycles. The lowest BCUT2D eigenvalue weighted by Crippen LogP contribution is -2.51. The second kappa shape index (κ2) is 10.5. The molecule has 33 heavy (non-hydrogen) atoms. The normalized spacial score (nSPS) is 14.6. The van der Waals surface area contributed by atoms with Crippen LogP contribution in [0.15, 0.2) is 59.2 Å². The lowest BCUT2D eigenvalue weighted by Gasteiger charge is -2.33. The zero-order valence-electron chi connectivity index (χ0n) is 19.2. The van der Waals surface area contributed by atoms with E-state index in [1.807, 2.05) is 35.0 Å². The van der Waals surface area contributed by atoms with Crippen LogP contribution in [0.5, 0.6) is 0 Å². The Hall–Kier alpha value is -3.39. The molecule has 2 amide bonds. The van der Waals surface area contributed by atoms with Gasteiger partial charge in [0.25, 0.3) is 5.91 Å². The predicted molar refractivity (Wildman–Crippen MR) is 125 cm³/mol. The first-order valence-corrected chi connectivity index (χ1v) is 11.4.